The first-order valence-electron chi connectivity index (χ1n) is 4.96. The normalized spacial score (nSPS) is 28.1. The summed E-state index contributed by atoms with van der Waals surface area (Å²) in [4.78, 5) is 6.72. The molecule has 0 radical (unpaired) electrons. The molecular formula is C9H16N4S. The van der Waals surface area contributed by atoms with Crippen molar-refractivity contribution < 1.29 is 0 Å². The van der Waals surface area contributed by atoms with Gasteiger partial charge in [-0.3, -0.25) is 0 Å². The minimum atomic E-state index is 0.531. The number of aromatic nitrogens is 2. The molecule has 1 aromatic heterocycles. The quantitative estimate of drug-likeness (QED) is 0.755. The molecule has 0 amide bonds. The van der Waals surface area contributed by atoms with Crippen LogP contribution in [0, 0.1) is 6.92 Å². The fraction of sp³-hybridized carbons (Fsp3) is 0.778. The molecular weight excluding hydrogens is 196 g/mol. The van der Waals surface area contributed by atoms with E-state index in [9.17, 15) is 0 Å². The van der Waals surface area contributed by atoms with E-state index >= 15 is 0 Å². The van der Waals surface area contributed by atoms with Crippen molar-refractivity contribution >= 4 is 16.7 Å². The standard InChI is InChI=1S/C9H16N4S/c1-6-4-13(5-7(2)10-6)9-11-8(3)12-14-9/h6-7,10H,4-5H2,1-3H3. The van der Waals surface area contributed by atoms with E-state index in [-0.39, 0.29) is 0 Å². The lowest BCUT2D eigenvalue weighted by molar-refractivity contribution is 0.406. The maximum absolute atomic E-state index is 4.41. The van der Waals surface area contributed by atoms with Crippen LogP contribution in [0.3, 0.4) is 0 Å². The third kappa shape index (κ3) is 2.04. The van der Waals surface area contributed by atoms with Gasteiger partial charge in [0.1, 0.15) is 5.82 Å². The Morgan fingerprint density at radius 3 is 2.50 bits per heavy atom. The van der Waals surface area contributed by atoms with Crippen LogP contribution in [-0.2, 0) is 0 Å². The van der Waals surface area contributed by atoms with Crippen molar-refractivity contribution in [3.63, 3.8) is 0 Å². The summed E-state index contributed by atoms with van der Waals surface area (Å²) >= 11 is 1.50. The second kappa shape index (κ2) is 3.82. The van der Waals surface area contributed by atoms with E-state index in [1.54, 1.807) is 0 Å². The van der Waals surface area contributed by atoms with Gasteiger partial charge >= 0.3 is 0 Å². The van der Waals surface area contributed by atoms with Crippen LogP contribution >= 0.6 is 11.5 Å². The second-order valence-electron chi connectivity index (χ2n) is 4.00. The molecule has 0 spiro atoms. The molecule has 2 rings (SSSR count). The molecule has 1 fully saturated rings. The predicted molar refractivity (Wildman–Crippen MR) is 58.9 cm³/mol. The SMILES string of the molecule is Cc1nsc(N2CC(C)NC(C)C2)n1. The number of nitrogens with one attached hydrogen (secondary N) is 1. The highest BCUT2D eigenvalue weighted by atomic mass is 32.1. The van der Waals surface area contributed by atoms with Crippen molar-refractivity contribution in [1.82, 2.24) is 14.7 Å². The van der Waals surface area contributed by atoms with Crippen molar-refractivity contribution in [3.05, 3.63) is 5.82 Å². The second-order valence-corrected chi connectivity index (χ2v) is 4.73. The van der Waals surface area contributed by atoms with Crippen LogP contribution in [0.5, 0.6) is 0 Å². The first-order valence-corrected chi connectivity index (χ1v) is 5.74. The summed E-state index contributed by atoms with van der Waals surface area (Å²) in [5, 5.41) is 4.56. The van der Waals surface area contributed by atoms with Crippen molar-refractivity contribution in [2.45, 2.75) is 32.9 Å². The van der Waals surface area contributed by atoms with Gasteiger partial charge in [-0.2, -0.15) is 4.37 Å². The third-order valence-corrected chi connectivity index (χ3v) is 3.21. The maximum Gasteiger partial charge on any atom is 0.205 e. The van der Waals surface area contributed by atoms with Crippen molar-refractivity contribution in [1.29, 1.82) is 0 Å². The van der Waals surface area contributed by atoms with Crippen LogP contribution in [-0.4, -0.2) is 34.5 Å². The van der Waals surface area contributed by atoms with Gasteiger partial charge in [0.2, 0.25) is 5.13 Å². The lowest BCUT2D eigenvalue weighted by Crippen LogP contribution is -2.54. The summed E-state index contributed by atoms with van der Waals surface area (Å²) < 4.78 is 4.21. The van der Waals surface area contributed by atoms with Crippen LogP contribution in [0.25, 0.3) is 0 Å². The lowest BCUT2D eigenvalue weighted by Gasteiger charge is -2.35. The highest BCUT2D eigenvalue weighted by Gasteiger charge is 2.22. The largest absolute Gasteiger partial charge is 0.344 e. The molecule has 0 bridgehead atoms. The molecule has 1 N–H and O–H groups in total. The Morgan fingerprint density at radius 1 is 1.36 bits per heavy atom. The number of anilines is 1. The molecule has 78 valence electrons. The van der Waals surface area contributed by atoms with Gasteiger partial charge in [-0.15, -0.1) is 0 Å². The zero-order valence-electron chi connectivity index (χ0n) is 8.82. The van der Waals surface area contributed by atoms with Gasteiger partial charge in [-0.05, 0) is 20.8 Å². The van der Waals surface area contributed by atoms with E-state index in [1.165, 1.54) is 11.5 Å². The summed E-state index contributed by atoms with van der Waals surface area (Å²) in [5.74, 6) is 0.879. The number of rotatable bonds is 1. The van der Waals surface area contributed by atoms with Crippen LogP contribution in [0.4, 0.5) is 5.13 Å². The smallest absolute Gasteiger partial charge is 0.205 e. The molecule has 4 nitrogen and oxygen atoms in total. The summed E-state index contributed by atoms with van der Waals surface area (Å²) in [7, 11) is 0. The first-order chi connectivity index (χ1) is 6.65. The van der Waals surface area contributed by atoms with Crippen LogP contribution in [0.15, 0.2) is 0 Å². The Morgan fingerprint density at radius 2 is 2.00 bits per heavy atom. The molecule has 2 atom stereocenters. The van der Waals surface area contributed by atoms with Gasteiger partial charge in [-0.25, -0.2) is 4.98 Å². The molecule has 14 heavy (non-hydrogen) atoms. The summed E-state index contributed by atoms with van der Waals surface area (Å²) in [6, 6.07) is 1.06. The summed E-state index contributed by atoms with van der Waals surface area (Å²) in [6.07, 6.45) is 0. The lowest BCUT2D eigenvalue weighted by atomic mass is 10.2. The molecule has 1 aliphatic heterocycles. The number of piperazine rings is 1. The van der Waals surface area contributed by atoms with Gasteiger partial charge in [0.25, 0.3) is 0 Å². The first kappa shape index (κ1) is 9.86. The molecule has 0 aliphatic carbocycles. The molecule has 0 aromatic carbocycles. The number of aryl methyl sites for hydroxylation is 1. The molecule has 5 heteroatoms. The predicted octanol–water partition coefficient (Wildman–Crippen LogP) is 1.03. The number of nitrogens with zero attached hydrogens (tertiary/aromatic N) is 3. The van der Waals surface area contributed by atoms with Gasteiger partial charge in [0.05, 0.1) is 0 Å². The fourth-order valence-electron chi connectivity index (χ4n) is 1.90. The average Bonchev–Trinajstić information content (AvgIpc) is 2.50. The van der Waals surface area contributed by atoms with Gasteiger partial charge < -0.3 is 10.2 Å². The van der Waals surface area contributed by atoms with E-state index in [0.717, 1.165) is 24.0 Å². The van der Waals surface area contributed by atoms with Gasteiger partial charge in [0, 0.05) is 36.7 Å². The van der Waals surface area contributed by atoms with Crippen LogP contribution in [0.1, 0.15) is 19.7 Å². The Balaban J connectivity index is 2.10. The van der Waals surface area contributed by atoms with Crippen molar-refractivity contribution in [2.24, 2.45) is 0 Å². The Hall–Kier alpha value is -0.680. The monoisotopic (exact) mass is 212 g/mol. The average molecular weight is 212 g/mol. The summed E-state index contributed by atoms with van der Waals surface area (Å²) in [6.45, 7) is 8.40. The van der Waals surface area contributed by atoms with Crippen molar-refractivity contribution in [2.75, 3.05) is 18.0 Å². The zero-order valence-corrected chi connectivity index (χ0v) is 9.64. The van der Waals surface area contributed by atoms with Crippen molar-refractivity contribution in [3.8, 4) is 0 Å². The topological polar surface area (TPSA) is 41.1 Å². The van der Waals surface area contributed by atoms with Crippen LogP contribution in [0.2, 0.25) is 0 Å². The molecule has 0 saturated carbocycles. The van der Waals surface area contributed by atoms with Gasteiger partial charge in [0.15, 0.2) is 0 Å². The molecule has 2 heterocycles. The highest BCUT2D eigenvalue weighted by molar-refractivity contribution is 7.09. The maximum atomic E-state index is 4.41. The number of hydrogen-bond donors (Lipinski definition) is 1. The van der Waals surface area contributed by atoms with Crippen LogP contribution < -0.4 is 10.2 Å². The van der Waals surface area contributed by atoms with E-state index in [2.05, 4.69) is 33.4 Å². The Kier molecular flexibility index (Phi) is 2.69. The zero-order chi connectivity index (χ0) is 10.1. The van der Waals surface area contributed by atoms with E-state index in [4.69, 9.17) is 0 Å². The molecule has 1 aliphatic rings. The van der Waals surface area contributed by atoms with E-state index < -0.39 is 0 Å². The highest BCUT2D eigenvalue weighted by Crippen LogP contribution is 2.19. The molecule has 1 aromatic rings. The third-order valence-electron chi connectivity index (χ3n) is 2.34. The molecule has 2 unspecified atom stereocenters. The minimum Gasteiger partial charge on any atom is -0.344 e. The molecule has 1 saturated heterocycles. The van der Waals surface area contributed by atoms with E-state index in [1.807, 2.05) is 6.92 Å². The fourth-order valence-corrected chi connectivity index (χ4v) is 2.59. The Bertz CT molecular complexity index is 302. The van der Waals surface area contributed by atoms with Gasteiger partial charge in [-0.1, -0.05) is 0 Å². The minimum absolute atomic E-state index is 0.531. The number of hydrogen-bond acceptors (Lipinski definition) is 5. The van der Waals surface area contributed by atoms with E-state index in [0.29, 0.717) is 12.1 Å². The Labute approximate surface area is 88.5 Å². The summed E-state index contributed by atoms with van der Waals surface area (Å²) in [5.41, 5.74) is 0.